The van der Waals surface area contributed by atoms with Crippen molar-refractivity contribution in [2.24, 2.45) is 0 Å². The molecule has 1 N–H and O–H groups in total. The summed E-state index contributed by atoms with van der Waals surface area (Å²) in [5.41, 5.74) is 2.26. The Kier molecular flexibility index (Phi) is 6.38. The minimum atomic E-state index is -0.0820. The lowest BCUT2D eigenvalue weighted by molar-refractivity contribution is -0.116. The summed E-state index contributed by atoms with van der Waals surface area (Å²) in [7, 11) is 0. The van der Waals surface area contributed by atoms with Crippen LogP contribution in [-0.4, -0.2) is 18.3 Å². The number of amides is 1. The average Bonchev–Trinajstić information content (AvgIpc) is 2.55. The van der Waals surface area contributed by atoms with Crippen molar-refractivity contribution >= 4 is 29.0 Å². The lowest BCUT2D eigenvalue weighted by atomic mass is 10.1. The molecule has 0 bridgehead atoms. The van der Waals surface area contributed by atoms with E-state index in [4.69, 9.17) is 16.3 Å². The Morgan fingerprint density at radius 1 is 1.12 bits per heavy atom. The van der Waals surface area contributed by atoms with Gasteiger partial charge < -0.3 is 10.1 Å². The van der Waals surface area contributed by atoms with Gasteiger partial charge in [-0.15, -0.1) is 0 Å². The number of anilines is 1. The molecular formula is C19H20ClNO3. The van der Waals surface area contributed by atoms with Gasteiger partial charge in [-0.25, -0.2) is 0 Å². The maximum atomic E-state index is 11.9. The Labute approximate surface area is 146 Å². The normalized spacial score (nSPS) is 10.3. The molecule has 4 nitrogen and oxygen atoms in total. The number of carbonyl (C=O) groups is 2. The third-order valence-corrected chi connectivity index (χ3v) is 3.95. The Balaban J connectivity index is 1.73. The van der Waals surface area contributed by atoms with E-state index in [1.165, 1.54) is 6.92 Å². The molecule has 0 aliphatic rings. The molecule has 0 aliphatic carbocycles. The van der Waals surface area contributed by atoms with E-state index in [9.17, 15) is 9.59 Å². The molecule has 126 valence electrons. The van der Waals surface area contributed by atoms with Gasteiger partial charge in [0.2, 0.25) is 5.91 Å². The van der Waals surface area contributed by atoms with E-state index in [1.54, 1.807) is 30.3 Å². The summed E-state index contributed by atoms with van der Waals surface area (Å²) < 4.78 is 5.61. The van der Waals surface area contributed by atoms with Crippen LogP contribution in [0.5, 0.6) is 5.75 Å². The zero-order valence-electron chi connectivity index (χ0n) is 13.8. The van der Waals surface area contributed by atoms with Crippen molar-refractivity contribution in [1.29, 1.82) is 0 Å². The van der Waals surface area contributed by atoms with E-state index in [1.807, 2.05) is 19.1 Å². The molecule has 0 atom stereocenters. The molecule has 0 radical (unpaired) electrons. The van der Waals surface area contributed by atoms with Gasteiger partial charge in [-0.1, -0.05) is 11.6 Å². The summed E-state index contributed by atoms with van der Waals surface area (Å²) in [6.45, 7) is 3.88. The van der Waals surface area contributed by atoms with Gasteiger partial charge in [0.05, 0.1) is 6.61 Å². The molecule has 1 amide bonds. The molecule has 2 aromatic carbocycles. The van der Waals surface area contributed by atoms with Crippen molar-refractivity contribution in [1.82, 2.24) is 0 Å². The predicted molar refractivity (Wildman–Crippen MR) is 96.0 cm³/mol. The largest absolute Gasteiger partial charge is 0.494 e. The van der Waals surface area contributed by atoms with Crippen molar-refractivity contribution in [2.45, 2.75) is 26.7 Å². The highest BCUT2D eigenvalue weighted by molar-refractivity contribution is 6.31. The first-order chi connectivity index (χ1) is 11.5. The predicted octanol–water partition coefficient (Wildman–Crippen LogP) is 4.65. The first-order valence-corrected chi connectivity index (χ1v) is 8.13. The van der Waals surface area contributed by atoms with Gasteiger partial charge in [-0.3, -0.25) is 9.59 Å². The lowest BCUT2D eigenvalue weighted by Crippen LogP contribution is -2.13. The smallest absolute Gasteiger partial charge is 0.224 e. The number of hydrogen-bond acceptors (Lipinski definition) is 3. The van der Waals surface area contributed by atoms with Crippen LogP contribution >= 0.6 is 11.6 Å². The fourth-order valence-electron chi connectivity index (χ4n) is 2.14. The second-order valence-electron chi connectivity index (χ2n) is 5.54. The van der Waals surface area contributed by atoms with Gasteiger partial charge in [0.15, 0.2) is 5.78 Å². The van der Waals surface area contributed by atoms with Crippen LogP contribution in [0.2, 0.25) is 5.02 Å². The van der Waals surface area contributed by atoms with E-state index in [-0.39, 0.29) is 11.7 Å². The monoisotopic (exact) mass is 345 g/mol. The minimum Gasteiger partial charge on any atom is -0.494 e. The lowest BCUT2D eigenvalue weighted by Gasteiger charge is -2.08. The van der Waals surface area contributed by atoms with Crippen molar-refractivity contribution < 1.29 is 14.3 Å². The second-order valence-corrected chi connectivity index (χ2v) is 5.95. The molecule has 0 unspecified atom stereocenters. The van der Waals surface area contributed by atoms with Gasteiger partial charge in [-0.05, 0) is 68.3 Å². The number of Topliss-reactive ketones (excluding diaryl/α,β-unsaturated/α-hetero) is 1. The average molecular weight is 346 g/mol. The second kappa shape index (κ2) is 8.50. The van der Waals surface area contributed by atoms with Gasteiger partial charge in [-0.2, -0.15) is 0 Å². The van der Waals surface area contributed by atoms with Gasteiger partial charge >= 0.3 is 0 Å². The maximum Gasteiger partial charge on any atom is 0.224 e. The van der Waals surface area contributed by atoms with Crippen LogP contribution in [0.4, 0.5) is 5.69 Å². The summed E-state index contributed by atoms with van der Waals surface area (Å²) in [5.74, 6) is 0.668. The summed E-state index contributed by atoms with van der Waals surface area (Å²) in [5, 5.41) is 3.51. The highest BCUT2D eigenvalue weighted by Crippen LogP contribution is 2.21. The molecule has 0 aliphatic heterocycles. The number of halogens is 1. The van der Waals surface area contributed by atoms with Crippen molar-refractivity contribution in [3.05, 3.63) is 58.6 Å². The highest BCUT2D eigenvalue weighted by Gasteiger charge is 2.05. The molecule has 0 fully saturated rings. The third-order valence-electron chi connectivity index (χ3n) is 3.52. The number of ether oxygens (including phenoxy) is 1. The van der Waals surface area contributed by atoms with Crippen molar-refractivity contribution in [3.8, 4) is 5.75 Å². The highest BCUT2D eigenvalue weighted by atomic mass is 35.5. The number of hydrogen-bond donors (Lipinski definition) is 1. The van der Waals surface area contributed by atoms with Gasteiger partial charge in [0.25, 0.3) is 0 Å². The van der Waals surface area contributed by atoms with Crippen LogP contribution in [0.15, 0.2) is 42.5 Å². The van der Waals surface area contributed by atoms with Gasteiger partial charge in [0.1, 0.15) is 5.75 Å². The van der Waals surface area contributed by atoms with Crippen LogP contribution in [0, 0.1) is 6.92 Å². The minimum absolute atomic E-state index is 0.00228. The van der Waals surface area contributed by atoms with Crippen LogP contribution in [-0.2, 0) is 4.79 Å². The first-order valence-electron chi connectivity index (χ1n) is 7.75. The summed E-state index contributed by atoms with van der Waals surface area (Å²) in [6.07, 6.45) is 0.972. The van der Waals surface area contributed by atoms with E-state index < -0.39 is 0 Å². The fraction of sp³-hybridized carbons (Fsp3) is 0.263. The number of benzene rings is 2. The standard InChI is InChI=1S/C19H20ClNO3/c1-13-12-17(9-10-18(13)20)24-11-3-4-19(23)21-16-7-5-15(6-8-16)14(2)22/h5-10,12H,3-4,11H2,1-2H3,(H,21,23). The summed E-state index contributed by atoms with van der Waals surface area (Å²) >= 11 is 5.96. The molecule has 0 saturated carbocycles. The summed E-state index contributed by atoms with van der Waals surface area (Å²) in [4.78, 5) is 23.1. The zero-order chi connectivity index (χ0) is 17.5. The number of ketones is 1. The van der Waals surface area contributed by atoms with E-state index in [0.717, 1.165) is 11.3 Å². The first kappa shape index (κ1) is 18.0. The molecule has 24 heavy (non-hydrogen) atoms. The van der Waals surface area contributed by atoms with Gasteiger partial charge in [0, 0.05) is 22.7 Å². The van der Waals surface area contributed by atoms with E-state index in [2.05, 4.69) is 5.32 Å². The molecule has 5 heteroatoms. The molecule has 0 heterocycles. The van der Waals surface area contributed by atoms with E-state index in [0.29, 0.717) is 35.7 Å². The van der Waals surface area contributed by atoms with Crippen molar-refractivity contribution in [2.75, 3.05) is 11.9 Å². The Morgan fingerprint density at radius 3 is 2.46 bits per heavy atom. The van der Waals surface area contributed by atoms with Crippen LogP contribution < -0.4 is 10.1 Å². The number of rotatable bonds is 7. The fourth-order valence-corrected chi connectivity index (χ4v) is 2.26. The van der Waals surface area contributed by atoms with Crippen LogP contribution in [0.25, 0.3) is 0 Å². The topological polar surface area (TPSA) is 55.4 Å². The molecule has 2 rings (SSSR count). The Bertz CT molecular complexity index is 726. The Hall–Kier alpha value is -2.33. The molecule has 0 saturated heterocycles. The van der Waals surface area contributed by atoms with Crippen LogP contribution in [0.3, 0.4) is 0 Å². The molecular weight excluding hydrogens is 326 g/mol. The number of nitrogens with one attached hydrogen (secondary N) is 1. The number of carbonyl (C=O) groups excluding carboxylic acids is 2. The quantitative estimate of drug-likeness (QED) is 0.587. The van der Waals surface area contributed by atoms with E-state index >= 15 is 0 Å². The SMILES string of the molecule is CC(=O)c1ccc(NC(=O)CCCOc2ccc(Cl)c(C)c2)cc1. The summed E-state index contributed by atoms with van der Waals surface area (Å²) in [6, 6.07) is 12.3. The molecule has 2 aromatic rings. The molecule has 0 aromatic heterocycles. The third kappa shape index (κ3) is 5.39. The van der Waals surface area contributed by atoms with Crippen molar-refractivity contribution in [3.63, 3.8) is 0 Å². The number of aryl methyl sites for hydroxylation is 1. The maximum absolute atomic E-state index is 11.9. The Morgan fingerprint density at radius 2 is 1.83 bits per heavy atom. The zero-order valence-corrected chi connectivity index (χ0v) is 14.5. The van der Waals surface area contributed by atoms with Crippen LogP contribution in [0.1, 0.15) is 35.7 Å². The molecule has 0 spiro atoms.